The zero-order chi connectivity index (χ0) is 17.9. The van der Waals surface area contributed by atoms with Crippen molar-refractivity contribution >= 4 is 28.8 Å². The molecule has 0 aliphatic carbocycles. The second kappa shape index (κ2) is 7.50. The van der Waals surface area contributed by atoms with Crippen LogP contribution in [0.25, 0.3) is 11.2 Å². The molecule has 0 spiro atoms. The zero-order valence-electron chi connectivity index (χ0n) is 14.8. The van der Waals surface area contributed by atoms with Crippen LogP contribution in [0.3, 0.4) is 0 Å². The van der Waals surface area contributed by atoms with Crippen molar-refractivity contribution in [2.45, 2.75) is 17.7 Å². The number of imidazole rings is 1. The van der Waals surface area contributed by atoms with E-state index in [1.807, 2.05) is 54.4 Å². The van der Waals surface area contributed by atoms with Gasteiger partial charge >= 0.3 is 0 Å². The molecule has 0 N–H and O–H groups in total. The number of nitrogens with zero attached hydrogens (tertiary/aromatic N) is 4. The Morgan fingerprint density at radius 2 is 2.08 bits per heavy atom. The van der Waals surface area contributed by atoms with E-state index in [4.69, 9.17) is 4.98 Å². The summed E-state index contributed by atoms with van der Waals surface area (Å²) >= 11 is 1.61. The average molecular weight is 366 g/mol. The van der Waals surface area contributed by atoms with Crippen molar-refractivity contribution in [2.75, 3.05) is 18.8 Å². The van der Waals surface area contributed by atoms with Crippen LogP contribution in [-0.2, 0) is 18.3 Å². The van der Waals surface area contributed by atoms with Crippen molar-refractivity contribution < 1.29 is 4.79 Å². The second-order valence-electron chi connectivity index (χ2n) is 6.73. The molecule has 2 aromatic heterocycles. The number of fused-ring (bicyclic) bond motifs is 1. The quantitative estimate of drug-likeness (QED) is 0.651. The van der Waals surface area contributed by atoms with Crippen LogP contribution in [0.2, 0.25) is 0 Å². The third-order valence-corrected chi connectivity index (χ3v) is 5.93. The lowest BCUT2D eigenvalue weighted by Crippen LogP contribution is -2.30. The van der Waals surface area contributed by atoms with Crippen LogP contribution in [-0.4, -0.2) is 44.2 Å². The number of aryl methyl sites for hydroxylation is 1. The molecule has 4 rings (SSSR count). The maximum atomic E-state index is 12.5. The monoisotopic (exact) mass is 366 g/mol. The van der Waals surface area contributed by atoms with E-state index in [9.17, 15) is 4.79 Å². The molecule has 134 valence electrons. The molecule has 0 unspecified atom stereocenters. The minimum Gasteiger partial charge on any atom is -0.342 e. The zero-order valence-corrected chi connectivity index (χ0v) is 15.7. The van der Waals surface area contributed by atoms with E-state index in [0.29, 0.717) is 11.7 Å². The highest BCUT2D eigenvalue weighted by Gasteiger charge is 2.27. The van der Waals surface area contributed by atoms with Crippen molar-refractivity contribution in [3.05, 3.63) is 54.5 Å². The van der Waals surface area contributed by atoms with Gasteiger partial charge in [-0.2, -0.15) is 0 Å². The van der Waals surface area contributed by atoms with Gasteiger partial charge in [0.05, 0.1) is 5.75 Å². The summed E-state index contributed by atoms with van der Waals surface area (Å²) in [7, 11) is 2.02. The highest BCUT2D eigenvalue weighted by Crippen LogP contribution is 2.24. The Balaban J connectivity index is 1.34. The molecule has 1 saturated heterocycles. The predicted octanol–water partition coefficient (Wildman–Crippen LogP) is 3.15. The number of aromatic nitrogens is 3. The Morgan fingerprint density at radius 1 is 1.23 bits per heavy atom. The van der Waals surface area contributed by atoms with E-state index in [1.54, 1.807) is 18.0 Å². The minimum atomic E-state index is 0.230. The van der Waals surface area contributed by atoms with Gasteiger partial charge < -0.3 is 9.47 Å². The lowest BCUT2D eigenvalue weighted by Gasteiger charge is -2.16. The Labute approximate surface area is 157 Å². The van der Waals surface area contributed by atoms with E-state index in [0.717, 1.165) is 47.8 Å². The highest BCUT2D eigenvalue weighted by molar-refractivity contribution is 8.00. The Kier molecular flexibility index (Phi) is 4.93. The summed E-state index contributed by atoms with van der Waals surface area (Å²) in [5.74, 6) is 2.26. The van der Waals surface area contributed by atoms with Crippen LogP contribution >= 0.6 is 11.8 Å². The normalized spacial score (nSPS) is 17.1. The standard InChI is InChI=1S/C20H22N4OS/c1-23-18(22-17-8-5-10-21-20(17)23)12-15-9-11-24(13-15)19(25)14-26-16-6-3-2-4-7-16/h2-8,10,15H,9,11-14H2,1H3/t15-/m0/s1. The van der Waals surface area contributed by atoms with Crippen molar-refractivity contribution in [1.29, 1.82) is 0 Å². The van der Waals surface area contributed by atoms with E-state index < -0.39 is 0 Å². The molecule has 0 saturated carbocycles. The first-order valence-electron chi connectivity index (χ1n) is 8.92. The van der Waals surface area contributed by atoms with Crippen LogP contribution in [0.4, 0.5) is 0 Å². The molecule has 1 fully saturated rings. The second-order valence-corrected chi connectivity index (χ2v) is 7.78. The summed E-state index contributed by atoms with van der Waals surface area (Å²) < 4.78 is 2.07. The van der Waals surface area contributed by atoms with Gasteiger partial charge in [-0.1, -0.05) is 18.2 Å². The average Bonchev–Trinajstić information content (AvgIpc) is 3.26. The van der Waals surface area contributed by atoms with Crippen LogP contribution in [0.1, 0.15) is 12.2 Å². The number of carbonyl (C=O) groups is 1. The third kappa shape index (κ3) is 3.60. The predicted molar refractivity (Wildman–Crippen MR) is 104 cm³/mol. The molecule has 3 aromatic rings. The fourth-order valence-electron chi connectivity index (χ4n) is 3.49. The van der Waals surface area contributed by atoms with Crippen molar-refractivity contribution in [2.24, 2.45) is 13.0 Å². The number of rotatable bonds is 5. The van der Waals surface area contributed by atoms with Gasteiger partial charge in [0.2, 0.25) is 5.91 Å². The van der Waals surface area contributed by atoms with E-state index in [-0.39, 0.29) is 5.91 Å². The number of likely N-dealkylation sites (tertiary alicyclic amines) is 1. The first kappa shape index (κ1) is 17.1. The molecule has 1 aliphatic heterocycles. The summed E-state index contributed by atoms with van der Waals surface area (Å²) in [5, 5.41) is 0. The molecule has 5 nitrogen and oxygen atoms in total. The summed E-state index contributed by atoms with van der Waals surface area (Å²) in [6.45, 7) is 1.67. The van der Waals surface area contributed by atoms with Crippen molar-refractivity contribution in [1.82, 2.24) is 19.4 Å². The Bertz CT molecular complexity index is 909. The number of pyridine rings is 1. The minimum absolute atomic E-state index is 0.230. The lowest BCUT2D eigenvalue weighted by atomic mass is 10.0. The topological polar surface area (TPSA) is 51.0 Å². The molecule has 1 aliphatic rings. The van der Waals surface area contributed by atoms with Crippen LogP contribution in [0, 0.1) is 5.92 Å². The van der Waals surface area contributed by atoms with E-state index >= 15 is 0 Å². The number of amides is 1. The van der Waals surface area contributed by atoms with Gasteiger partial charge in [0.1, 0.15) is 11.3 Å². The molecule has 0 bridgehead atoms. The fourth-order valence-corrected chi connectivity index (χ4v) is 4.31. The van der Waals surface area contributed by atoms with Crippen molar-refractivity contribution in [3.8, 4) is 0 Å². The van der Waals surface area contributed by atoms with E-state index in [2.05, 4.69) is 9.55 Å². The molecule has 0 radical (unpaired) electrons. The van der Waals surface area contributed by atoms with Gasteiger partial charge in [0.25, 0.3) is 0 Å². The molecule has 6 heteroatoms. The molecule has 1 atom stereocenters. The maximum absolute atomic E-state index is 12.5. The van der Waals surface area contributed by atoms with Crippen LogP contribution in [0.15, 0.2) is 53.6 Å². The molecular weight excluding hydrogens is 344 g/mol. The molecular formula is C20H22N4OS. The molecule has 3 heterocycles. The largest absolute Gasteiger partial charge is 0.342 e. The van der Waals surface area contributed by atoms with Gasteiger partial charge in [0.15, 0.2) is 5.65 Å². The molecule has 1 aromatic carbocycles. The lowest BCUT2D eigenvalue weighted by molar-refractivity contribution is -0.127. The fraction of sp³-hybridized carbons (Fsp3) is 0.350. The summed E-state index contributed by atoms with van der Waals surface area (Å²) in [5.41, 5.74) is 1.86. The van der Waals surface area contributed by atoms with E-state index in [1.165, 1.54) is 0 Å². The van der Waals surface area contributed by atoms with Gasteiger partial charge in [-0.25, -0.2) is 9.97 Å². The van der Waals surface area contributed by atoms with Gasteiger partial charge in [0, 0.05) is 37.7 Å². The number of carbonyl (C=O) groups excluding carboxylic acids is 1. The Morgan fingerprint density at radius 3 is 2.88 bits per heavy atom. The van der Waals surface area contributed by atoms with Gasteiger partial charge in [-0.05, 0) is 36.6 Å². The number of benzene rings is 1. The first-order valence-corrected chi connectivity index (χ1v) is 9.91. The summed E-state index contributed by atoms with van der Waals surface area (Å²) in [6, 6.07) is 14.0. The SMILES string of the molecule is Cn1c(C[C@@H]2CCN(C(=O)CSc3ccccc3)C2)nc2cccnc21. The first-order chi connectivity index (χ1) is 12.7. The molecule has 1 amide bonds. The molecule has 26 heavy (non-hydrogen) atoms. The Hall–Kier alpha value is -2.34. The van der Waals surface area contributed by atoms with Gasteiger partial charge in [-0.15, -0.1) is 11.8 Å². The number of thioether (sulfide) groups is 1. The summed E-state index contributed by atoms with van der Waals surface area (Å²) in [6.07, 6.45) is 3.73. The number of hydrogen-bond donors (Lipinski definition) is 0. The number of hydrogen-bond acceptors (Lipinski definition) is 4. The van der Waals surface area contributed by atoms with Crippen LogP contribution in [0.5, 0.6) is 0 Å². The highest BCUT2D eigenvalue weighted by atomic mass is 32.2. The van der Waals surface area contributed by atoms with Gasteiger partial charge in [-0.3, -0.25) is 4.79 Å². The maximum Gasteiger partial charge on any atom is 0.232 e. The summed E-state index contributed by atoms with van der Waals surface area (Å²) in [4.78, 5) is 24.8. The smallest absolute Gasteiger partial charge is 0.232 e. The van der Waals surface area contributed by atoms with Crippen LogP contribution < -0.4 is 0 Å². The van der Waals surface area contributed by atoms with Crippen molar-refractivity contribution in [3.63, 3.8) is 0 Å². The third-order valence-electron chi connectivity index (χ3n) is 4.94.